The zero-order valence-corrected chi connectivity index (χ0v) is 8.71. The molecule has 1 rings (SSSR count). The van der Waals surface area contributed by atoms with Gasteiger partial charge in [0.05, 0.1) is 12.2 Å². The van der Waals surface area contributed by atoms with Gasteiger partial charge < -0.3 is 9.64 Å². The van der Waals surface area contributed by atoms with Gasteiger partial charge >= 0.3 is 0 Å². The molecular weight excluding hydrogens is 150 g/mol. The zero-order chi connectivity index (χ0) is 9.14. The molecule has 0 aromatic heterocycles. The van der Waals surface area contributed by atoms with Crippen molar-refractivity contribution >= 4 is 0 Å². The summed E-state index contributed by atoms with van der Waals surface area (Å²) in [5.41, 5.74) is 0. The van der Waals surface area contributed by atoms with E-state index in [-0.39, 0.29) is 0 Å². The third kappa shape index (κ3) is 2.76. The van der Waals surface area contributed by atoms with Crippen LogP contribution >= 0.6 is 0 Å². The average Bonchev–Trinajstić information content (AvgIpc) is 1.96. The van der Waals surface area contributed by atoms with E-state index < -0.39 is 0 Å². The number of ether oxygens (including phenoxy) is 1. The van der Waals surface area contributed by atoms with Crippen LogP contribution in [0.5, 0.6) is 0 Å². The highest BCUT2D eigenvalue weighted by molar-refractivity contribution is 4.77. The van der Waals surface area contributed by atoms with Crippen LogP contribution in [0.1, 0.15) is 33.6 Å². The minimum absolute atomic E-state index is 0.380. The quantitative estimate of drug-likeness (QED) is 0.629. The second kappa shape index (κ2) is 4.24. The van der Waals surface area contributed by atoms with E-state index in [2.05, 4.69) is 32.7 Å². The Hall–Kier alpha value is -0.0800. The molecule has 12 heavy (non-hydrogen) atoms. The number of rotatable bonds is 2. The van der Waals surface area contributed by atoms with Crippen LogP contribution < -0.4 is 0 Å². The Balaban J connectivity index is 2.30. The van der Waals surface area contributed by atoms with Gasteiger partial charge in [0.2, 0.25) is 0 Å². The average molecular weight is 171 g/mol. The molecule has 2 heteroatoms. The van der Waals surface area contributed by atoms with Gasteiger partial charge in [-0.2, -0.15) is 0 Å². The van der Waals surface area contributed by atoms with Crippen molar-refractivity contribution in [3.8, 4) is 0 Å². The highest BCUT2D eigenvalue weighted by Crippen LogP contribution is 2.19. The molecule has 0 unspecified atom stereocenters. The Morgan fingerprint density at radius 2 is 2.08 bits per heavy atom. The number of piperidine rings is 1. The maximum absolute atomic E-state index is 5.78. The summed E-state index contributed by atoms with van der Waals surface area (Å²) in [6, 6.07) is 0.683. The fourth-order valence-corrected chi connectivity index (χ4v) is 1.75. The molecule has 72 valence electrons. The molecular formula is C10H21NO. The standard InChI is InChI=1S/C10H21NO/c1-8(2)12-10-5-6-11(4)9(3)7-10/h8-10H,5-7H2,1-4H3/t9-,10-/m1/s1. The van der Waals surface area contributed by atoms with Gasteiger partial charge in [-0.05, 0) is 40.7 Å². The first-order valence-corrected chi connectivity index (χ1v) is 4.95. The molecule has 0 radical (unpaired) electrons. The predicted molar refractivity (Wildman–Crippen MR) is 51.3 cm³/mol. The molecule has 0 aromatic rings. The maximum Gasteiger partial charge on any atom is 0.0605 e. The molecule has 0 saturated carbocycles. The van der Waals surface area contributed by atoms with E-state index >= 15 is 0 Å². The van der Waals surface area contributed by atoms with Gasteiger partial charge in [0.25, 0.3) is 0 Å². The molecule has 0 amide bonds. The Morgan fingerprint density at radius 1 is 1.42 bits per heavy atom. The van der Waals surface area contributed by atoms with E-state index in [1.807, 2.05) is 0 Å². The molecule has 2 nitrogen and oxygen atoms in total. The van der Waals surface area contributed by atoms with Gasteiger partial charge in [0.1, 0.15) is 0 Å². The fourth-order valence-electron chi connectivity index (χ4n) is 1.75. The van der Waals surface area contributed by atoms with Crippen molar-refractivity contribution < 1.29 is 4.74 Å². The van der Waals surface area contributed by atoms with Crippen LogP contribution in [0.25, 0.3) is 0 Å². The van der Waals surface area contributed by atoms with Crippen molar-refractivity contribution in [2.24, 2.45) is 0 Å². The Kier molecular flexibility index (Phi) is 3.53. The van der Waals surface area contributed by atoms with Crippen molar-refractivity contribution in [2.75, 3.05) is 13.6 Å². The summed E-state index contributed by atoms with van der Waals surface area (Å²) in [5, 5.41) is 0. The first-order valence-electron chi connectivity index (χ1n) is 4.95. The summed E-state index contributed by atoms with van der Waals surface area (Å²) in [7, 11) is 2.19. The third-order valence-corrected chi connectivity index (χ3v) is 2.62. The summed E-state index contributed by atoms with van der Waals surface area (Å²) in [5.74, 6) is 0. The number of hydrogen-bond acceptors (Lipinski definition) is 2. The largest absolute Gasteiger partial charge is 0.375 e. The molecule has 2 atom stereocenters. The van der Waals surface area contributed by atoms with Gasteiger partial charge in [0.15, 0.2) is 0 Å². The molecule has 1 fully saturated rings. The lowest BCUT2D eigenvalue weighted by Gasteiger charge is -2.35. The highest BCUT2D eigenvalue weighted by atomic mass is 16.5. The number of likely N-dealkylation sites (tertiary alicyclic amines) is 1. The van der Waals surface area contributed by atoms with Crippen LogP contribution in [0.2, 0.25) is 0 Å². The molecule has 1 saturated heterocycles. The first-order chi connectivity index (χ1) is 5.59. The predicted octanol–water partition coefficient (Wildman–Crippen LogP) is 1.89. The summed E-state index contributed by atoms with van der Waals surface area (Å²) >= 11 is 0. The van der Waals surface area contributed by atoms with Crippen LogP contribution in [-0.4, -0.2) is 36.7 Å². The lowest BCUT2D eigenvalue weighted by atomic mass is 10.0. The van der Waals surface area contributed by atoms with E-state index in [4.69, 9.17) is 4.74 Å². The Morgan fingerprint density at radius 3 is 2.58 bits per heavy atom. The summed E-state index contributed by atoms with van der Waals surface area (Å²) in [6.07, 6.45) is 3.26. The molecule has 0 spiro atoms. The van der Waals surface area contributed by atoms with Crippen molar-refractivity contribution in [3.63, 3.8) is 0 Å². The lowest BCUT2D eigenvalue weighted by molar-refractivity contribution is -0.0365. The van der Waals surface area contributed by atoms with Crippen LogP contribution in [-0.2, 0) is 4.74 Å². The number of nitrogens with zero attached hydrogens (tertiary/aromatic N) is 1. The van der Waals surface area contributed by atoms with E-state index in [0.717, 1.165) is 0 Å². The first kappa shape index (κ1) is 10.0. The second-order valence-corrected chi connectivity index (χ2v) is 4.16. The Labute approximate surface area is 75.9 Å². The zero-order valence-electron chi connectivity index (χ0n) is 8.71. The van der Waals surface area contributed by atoms with E-state index in [1.165, 1.54) is 19.4 Å². The Bertz CT molecular complexity index is 136. The van der Waals surface area contributed by atoms with Crippen LogP contribution in [0.4, 0.5) is 0 Å². The highest BCUT2D eigenvalue weighted by Gasteiger charge is 2.23. The monoisotopic (exact) mass is 171 g/mol. The van der Waals surface area contributed by atoms with Gasteiger partial charge in [0, 0.05) is 12.6 Å². The van der Waals surface area contributed by atoms with Crippen molar-refractivity contribution in [1.82, 2.24) is 4.90 Å². The minimum atomic E-state index is 0.380. The van der Waals surface area contributed by atoms with E-state index in [9.17, 15) is 0 Å². The van der Waals surface area contributed by atoms with E-state index in [1.54, 1.807) is 0 Å². The normalized spacial score (nSPS) is 32.8. The molecule has 0 aromatic carbocycles. The summed E-state index contributed by atoms with van der Waals surface area (Å²) < 4.78 is 5.78. The summed E-state index contributed by atoms with van der Waals surface area (Å²) in [6.45, 7) is 7.68. The minimum Gasteiger partial charge on any atom is -0.375 e. The van der Waals surface area contributed by atoms with Gasteiger partial charge in [-0.15, -0.1) is 0 Å². The fraction of sp³-hybridized carbons (Fsp3) is 1.00. The molecule has 1 aliphatic heterocycles. The van der Waals surface area contributed by atoms with Gasteiger partial charge in [-0.3, -0.25) is 0 Å². The summed E-state index contributed by atoms with van der Waals surface area (Å²) in [4.78, 5) is 2.40. The molecule has 0 N–H and O–H groups in total. The van der Waals surface area contributed by atoms with E-state index in [0.29, 0.717) is 18.2 Å². The van der Waals surface area contributed by atoms with Gasteiger partial charge in [-0.25, -0.2) is 0 Å². The second-order valence-electron chi connectivity index (χ2n) is 4.16. The number of hydrogen-bond donors (Lipinski definition) is 0. The topological polar surface area (TPSA) is 12.5 Å². The lowest BCUT2D eigenvalue weighted by Crippen LogP contribution is -2.41. The van der Waals surface area contributed by atoms with Gasteiger partial charge in [-0.1, -0.05) is 0 Å². The van der Waals surface area contributed by atoms with Crippen LogP contribution in [0.3, 0.4) is 0 Å². The van der Waals surface area contributed by atoms with Crippen molar-refractivity contribution in [1.29, 1.82) is 0 Å². The third-order valence-electron chi connectivity index (χ3n) is 2.62. The SMILES string of the molecule is CC(C)O[C@@H]1CCN(C)[C@H](C)C1. The molecule has 1 aliphatic rings. The van der Waals surface area contributed by atoms with Crippen molar-refractivity contribution in [2.45, 2.75) is 51.9 Å². The van der Waals surface area contributed by atoms with Crippen molar-refractivity contribution in [3.05, 3.63) is 0 Å². The van der Waals surface area contributed by atoms with Crippen LogP contribution in [0, 0.1) is 0 Å². The molecule has 0 aliphatic carbocycles. The molecule has 0 bridgehead atoms. The smallest absolute Gasteiger partial charge is 0.0605 e. The van der Waals surface area contributed by atoms with Crippen LogP contribution in [0.15, 0.2) is 0 Å². The molecule has 1 heterocycles. The maximum atomic E-state index is 5.78.